The molecule has 0 saturated carbocycles. The number of carboxylic acid groups (broad SMARTS) is 1. The van der Waals surface area contributed by atoms with E-state index in [-0.39, 0.29) is 18.9 Å². The van der Waals surface area contributed by atoms with Gasteiger partial charge in [0, 0.05) is 13.0 Å². The molecule has 0 aliphatic carbocycles. The number of carbonyl (C=O) groups is 2. The summed E-state index contributed by atoms with van der Waals surface area (Å²) in [6, 6.07) is 0. The Kier molecular flexibility index (Phi) is 2.35. The van der Waals surface area contributed by atoms with E-state index in [1.807, 2.05) is 6.92 Å². The Hall–Kier alpha value is -1.06. The topological polar surface area (TPSA) is 66.4 Å². The average Bonchev–Trinajstić information content (AvgIpc) is 2.34. The fourth-order valence-electron chi connectivity index (χ4n) is 1.61. The summed E-state index contributed by atoms with van der Waals surface area (Å²) in [5, 5.41) is 11.5. The van der Waals surface area contributed by atoms with Crippen LogP contribution >= 0.6 is 0 Å². The van der Waals surface area contributed by atoms with Crippen LogP contribution in [-0.4, -0.2) is 23.5 Å². The van der Waals surface area contributed by atoms with Crippen molar-refractivity contribution in [2.75, 3.05) is 6.54 Å². The lowest BCUT2D eigenvalue weighted by Gasteiger charge is -2.20. The van der Waals surface area contributed by atoms with Crippen LogP contribution in [0.25, 0.3) is 0 Å². The summed E-state index contributed by atoms with van der Waals surface area (Å²) in [4.78, 5) is 21.7. The molecule has 0 aromatic heterocycles. The first-order valence-electron chi connectivity index (χ1n) is 4.11. The summed E-state index contributed by atoms with van der Waals surface area (Å²) in [7, 11) is 0. The molecular weight excluding hydrogens is 158 g/mol. The van der Waals surface area contributed by atoms with Gasteiger partial charge >= 0.3 is 5.97 Å². The zero-order chi connectivity index (χ0) is 9.19. The van der Waals surface area contributed by atoms with E-state index in [0.717, 1.165) is 6.42 Å². The molecule has 1 atom stereocenters. The van der Waals surface area contributed by atoms with E-state index in [9.17, 15) is 9.59 Å². The first-order chi connectivity index (χ1) is 5.60. The third kappa shape index (κ3) is 1.42. The molecule has 2 N–H and O–H groups in total. The number of amides is 1. The summed E-state index contributed by atoms with van der Waals surface area (Å²) >= 11 is 0. The second kappa shape index (κ2) is 3.13. The third-order valence-corrected chi connectivity index (χ3v) is 2.31. The standard InChI is InChI=1S/C8H13NO3/c1-2-3-8(7(11)12)4-6(10)9-5-8/h2-5H2,1H3,(H,9,10)(H,11,12). The Labute approximate surface area is 71.0 Å². The van der Waals surface area contributed by atoms with E-state index in [4.69, 9.17) is 5.11 Å². The largest absolute Gasteiger partial charge is 0.481 e. The van der Waals surface area contributed by atoms with Crippen molar-refractivity contribution in [3.05, 3.63) is 0 Å². The van der Waals surface area contributed by atoms with E-state index >= 15 is 0 Å². The fraction of sp³-hybridized carbons (Fsp3) is 0.750. The van der Waals surface area contributed by atoms with E-state index in [1.54, 1.807) is 0 Å². The van der Waals surface area contributed by atoms with Crippen LogP contribution in [0.2, 0.25) is 0 Å². The Morgan fingerprint density at radius 2 is 2.42 bits per heavy atom. The normalized spacial score (nSPS) is 28.6. The quantitative estimate of drug-likeness (QED) is 0.645. The molecule has 68 valence electrons. The lowest BCUT2D eigenvalue weighted by molar-refractivity contribution is -0.149. The van der Waals surface area contributed by atoms with Gasteiger partial charge in [0.25, 0.3) is 0 Å². The van der Waals surface area contributed by atoms with Gasteiger partial charge in [0.1, 0.15) is 0 Å². The van der Waals surface area contributed by atoms with Crippen molar-refractivity contribution >= 4 is 11.9 Å². The van der Waals surface area contributed by atoms with Crippen molar-refractivity contribution in [1.82, 2.24) is 5.32 Å². The average molecular weight is 171 g/mol. The zero-order valence-corrected chi connectivity index (χ0v) is 7.09. The van der Waals surface area contributed by atoms with Crippen molar-refractivity contribution < 1.29 is 14.7 Å². The van der Waals surface area contributed by atoms with Crippen molar-refractivity contribution in [3.63, 3.8) is 0 Å². The maximum absolute atomic E-state index is 10.9. The fourth-order valence-corrected chi connectivity index (χ4v) is 1.61. The maximum atomic E-state index is 10.9. The van der Waals surface area contributed by atoms with Gasteiger partial charge in [-0.15, -0.1) is 0 Å². The minimum absolute atomic E-state index is 0.135. The molecule has 0 bridgehead atoms. The van der Waals surface area contributed by atoms with Crippen LogP contribution in [0.5, 0.6) is 0 Å². The summed E-state index contributed by atoms with van der Waals surface area (Å²) in [6.07, 6.45) is 1.50. The predicted molar refractivity (Wildman–Crippen MR) is 42.6 cm³/mol. The smallest absolute Gasteiger partial charge is 0.311 e. The Balaban J connectivity index is 2.74. The van der Waals surface area contributed by atoms with Crippen LogP contribution in [0.3, 0.4) is 0 Å². The summed E-state index contributed by atoms with van der Waals surface area (Å²) in [5.74, 6) is -1.01. The second-order valence-electron chi connectivity index (χ2n) is 3.29. The predicted octanol–water partition coefficient (Wildman–Crippen LogP) is 0.377. The van der Waals surface area contributed by atoms with E-state index in [1.165, 1.54) is 0 Å². The molecule has 1 heterocycles. The SMILES string of the molecule is CCCC1(C(=O)O)CNC(=O)C1. The molecule has 1 rings (SSSR count). The van der Waals surface area contributed by atoms with Gasteiger partial charge in [0.05, 0.1) is 5.41 Å². The van der Waals surface area contributed by atoms with Crippen LogP contribution in [-0.2, 0) is 9.59 Å². The number of hydrogen-bond acceptors (Lipinski definition) is 2. The van der Waals surface area contributed by atoms with Crippen LogP contribution in [0, 0.1) is 5.41 Å². The van der Waals surface area contributed by atoms with Crippen LogP contribution < -0.4 is 5.32 Å². The molecular formula is C8H13NO3. The number of carboxylic acids is 1. The molecule has 1 aliphatic heterocycles. The van der Waals surface area contributed by atoms with Crippen molar-refractivity contribution in [3.8, 4) is 0 Å². The highest BCUT2D eigenvalue weighted by Gasteiger charge is 2.44. The molecule has 1 unspecified atom stereocenters. The first kappa shape index (κ1) is 9.03. The van der Waals surface area contributed by atoms with Gasteiger partial charge in [0.2, 0.25) is 5.91 Å². The molecule has 0 aromatic carbocycles. The molecule has 4 nitrogen and oxygen atoms in total. The third-order valence-electron chi connectivity index (χ3n) is 2.31. The Morgan fingerprint density at radius 1 is 1.75 bits per heavy atom. The Bertz CT molecular complexity index is 214. The minimum Gasteiger partial charge on any atom is -0.481 e. The summed E-state index contributed by atoms with van der Waals surface area (Å²) in [6.45, 7) is 2.21. The molecule has 1 aliphatic rings. The number of rotatable bonds is 3. The van der Waals surface area contributed by atoms with Gasteiger partial charge in [-0.05, 0) is 6.42 Å². The molecule has 1 fully saturated rings. The molecule has 0 spiro atoms. The highest BCUT2D eigenvalue weighted by atomic mass is 16.4. The van der Waals surface area contributed by atoms with Gasteiger partial charge in [-0.25, -0.2) is 0 Å². The monoisotopic (exact) mass is 171 g/mol. The van der Waals surface area contributed by atoms with Crippen molar-refractivity contribution in [2.24, 2.45) is 5.41 Å². The Morgan fingerprint density at radius 3 is 2.75 bits per heavy atom. The second-order valence-corrected chi connectivity index (χ2v) is 3.29. The van der Waals surface area contributed by atoms with Crippen molar-refractivity contribution in [1.29, 1.82) is 0 Å². The van der Waals surface area contributed by atoms with E-state index in [0.29, 0.717) is 6.42 Å². The van der Waals surface area contributed by atoms with Gasteiger partial charge in [0.15, 0.2) is 0 Å². The van der Waals surface area contributed by atoms with Crippen LogP contribution in [0.4, 0.5) is 0 Å². The number of hydrogen-bond donors (Lipinski definition) is 2. The van der Waals surface area contributed by atoms with Gasteiger partial charge in [-0.1, -0.05) is 13.3 Å². The van der Waals surface area contributed by atoms with Crippen molar-refractivity contribution in [2.45, 2.75) is 26.2 Å². The zero-order valence-electron chi connectivity index (χ0n) is 7.09. The number of carbonyl (C=O) groups excluding carboxylic acids is 1. The van der Waals surface area contributed by atoms with E-state index in [2.05, 4.69) is 5.32 Å². The highest BCUT2D eigenvalue weighted by Crippen LogP contribution is 2.31. The molecule has 1 saturated heterocycles. The minimum atomic E-state index is -0.859. The summed E-state index contributed by atoms with van der Waals surface area (Å²) in [5.41, 5.74) is -0.828. The van der Waals surface area contributed by atoms with Gasteiger partial charge < -0.3 is 10.4 Å². The molecule has 0 radical (unpaired) electrons. The highest BCUT2D eigenvalue weighted by molar-refractivity contribution is 5.88. The van der Waals surface area contributed by atoms with Gasteiger partial charge in [-0.2, -0.15) is 0 Å². The lowest BCUT2D eigenvalue weighted by Crippen LogP contribution is -2.33. The molecule has 1 amide bonds. The first-order valence-corrected chi connectivity index (χ1v) is 4.11. The maximum Gasteiger partial charge on any atom is 0.311 e. The van der Waals surface area contributed by atoms with Crippen LogP contribution in [0.15, 0.2) is 0 Å². The molecule has 4 heteroatoms. The number of aliphatic carboxylic acids is 1. The lowest BCUT2D eigenvalue weighted by atomic mass is 9.83. The van der Waals surface area contributed by atoms with Crippen LogP contribution in [0.1, 0.15) is 26.2 Å². The molecule has 0 aromatic rings. The molecule has 12 heavy (non-hydrogen) atoms. The summed E-state index contributed by atoms with van der Waals surface area (Å²) < 4.78 is 0. The van der Waals surface area contributed by atoms with Gasteiger partial charge in [-0.3, -0.25) is 9.59 Å². The number of nitrogens with one attached hydrogen (secondary N) is 1. The van der Waals surface area contributed by atoms with E-state index < -0.39 is 11.4 Å².